The van der Waals surface area contributed by atoms with Gasteiger partial charge >= 0.3 is 0 Å². The molecule has 0 unspecified atom stereocenters. The molecule has 0 radical (unpaired) electrons. The van der Waals surface area contributed by atoms with Crippen LogP contribution < -0.4 is 5.43 Å². The molecule has 5 nitrogen and oxygen atoms in total. The summed E-state index contributed by atoms with van der Waals surface area (Å²) in [4.78, 5) is 4.45. The summed E-state index contributed by atoms with van der Waals surface area (Å²) in [6, 6.07) is 9.86. The van der Waals surface area contributed by atoms with E-state index in [9.17, 15) is 0 Å². The molecule has 1 aliphatic rings. The Bertz CT molecular complexity index is 678. The fourth-order valence-corrected chi connectivity index (χ4v) is 1.77. The van der Waals surface area contributed by atoms with Crippen molar-refractivity contribution >= 4 is 11.9 Å². The maximum absolute atomic E-state index is 4.45. The van der Waals surface area contributed by atoms with E-state index >= 15 is 0 Å². The quantitative estimate of drug-likeness (QED) is 0.863. The Balaban J connectivity index is 1.70. The monoisotopic (exact) mass is 263 g/mol. The van der Waals surface area contributed by atoms with Crippen molar-refractivity contribution in [1.29, 1.82) is 0 Å². The normalized spacial score (nSPS) is 16.0. The Labute approximate surface area is 116 Å². The van der Waals surface area contributed by atoms with Crippen LogP contribution in [0.2, 0.25) is 0 Å². The van der Waals surface area contributed by atoms with Gasteiger partial charge in [0.25, 0.3) is 0 Å². The second kappa shape index (κ2) is 5.79. The van der Waals surface area contributed by atoms with E-state index in [2.05, 4.69) is 20.6 Å². The molecule has 1 aromatic heterocycles. The lowest BCUT2D eigenvalue weighted by atomic mass is 10.2. The average Bonchev–Trinajstić information content (AvgIpc) is 3.15. The van der Waals surface area contributed by atoms with Gasteiger partial charge in [0.1, 0.15) is 12.7 Å². The zero-order valence-corrected chi connectivity index (χ0v) is 10.7. The fraction of sp³-hybridized carbons (Fsp3) is 0. The van der Waals surface area contributed by atoms with Gasteiger partial charge < -0.3 is 0 Å². The number of nitrogens with one attached hydrogen (secondary N) is 1. The van der Waals surface area contributed by atoms with Crippen LogP contribution in [0.3, 0.4) is 0 Å². The molecule has 1 N–H and O–H groups in total. The summed E-state index contributed by atoms with van der Waals surface area (Å²) in [5, 5.41) is 7.45. The number of rotatable bonds is 4. The van der Waals surface area contributed by atoms with Crippen LogP contribution in [0, 0.1) is 0 Å². The molecule has 0 saturated heterocycles. The molecular formula is C15H13N5. The molecule has 98 valence electrons. The van der Waals surface area contributed by atoms with Gasteiger partial charge in [-0.3, -0.25) is 10.4 Å². The Morgan fingerprint density at radius 3 is 2.70 bits per heavy atom. The van der Waals surface area contributed by atoms with Crippen LogP contribution in [-0.4, -0.2) is 21.1 Å². The number of aromatic nitrogens is 3. The molecule has 3 rings (SSSR count). The highest BCUT2D eigenvalue weighted by Crippen LogP contribution is 2.18. The first-order chi connectivity index (χ1) is 9.92. The molecular weight excluding hydrogens is 250 g/mol. The van der Waals surface area contributed by atoms with Gasteiger partial charge in [-0.05, 0) is 12.1 Å². The number of nitrogens with zero attached hydrogens (tertiary/aromatic N) is 4. The van der Waals surface area contributed by atoms with E-state index in [0.717, 1.165) is 16.8 Å². The third-order valence-electron chi connectivity index (χ3n) is 2.78. The van der Waals surface area contributed by atoms with Crippen LogP contribution in [0.5, 0.6) is 0 Å². The first kappa shape index (κ1) is 12.1. The summed E-state index contributed by atoms with van der Waals surface area (Å²) in [6.07, 6.45) is 13.0. The third kappa shape index (κ3) is 2.89. The topological polar surface area (TPSA) is 55.1 Å². The summed E-state index contributed by atoms with van der Waals surface area (Å²) in [5.41, 5.74) is 6.11. The molecule has 0 aliphatic heterocycles. The van der Waals surface area contributed by atoms with Crippen LogP contribution in [-0.2, 0) is 0 Å². The molecule has 20 heavy (non-hydrogen) atoms. The minimum Gasteiger partial charge on any atom is -0.299 e. The zero-order valence-electron chi connectivity index (χ0n) is 10.7. The minimum atomic E-state index is 0.936. The maximum Gasteiger partial charge on any atom is 0.139 e. The third-order valence-corrected chi connectivity index (χ3v) is 2.78. The average molecular weight is 263 g/mol. The molecule has 1 aliphatic carbocycles. The number of allylic oxidation sites excluding steroid dienone is 5. The highest BCUT2D eigenvalue weighted by atomic mass is 15.5. The Morgan fingerprint density at radius 2 is 1.90 bits per heavy atom. The largest absolute Gasteiger partial charge is 0.299 e. The SMILES string of the molecule is C1=C/C(=C\Nn2cnnc2)C(C=Nc2ccccc2)=C1. The fourth-order valence-electron chi connectivity index (χ4n) is 1.77. The highest BCUT2D eigenvalue weighted by Gasteiger charge is 2.03. The second-order valence-electron chi connectivity index (χ2n) is 4.17. The van der Waals surface area contributed by atoms with Crippen molar-refractivity contribution in [3.05, 3.63) is 78.6 Å². The van der Waals surface area contributed by atoms with Gasteiger partial charge in [-0.15, -0.1) is 10.2 Å². The lowest BCUT2D eigenvalue weighted by Crippen LogP contribution is -2.06. The standard InChI is InChI=1S/C15H13N5/c1-2-7-15(8-3-1)16-9-13-5-4-6-14(13)10-19-20-11-17-18-12-20/h1-12,19H/b14-10+,16-9?. The first-order valence-corrected chi connectivity index (χ1v) is 6.21. The minimum absolute atomic E-state index is 0.936. The van der Waals surface area contributed by atoms with E-state index < -0.39 is 0 Å². The van der Waals surface area contributed by atoms with Crippen molar-refractivity contribution in [2.75, 3.05) is 5.43 Å². The summed E-state index contributed by atoms with van der Waals surface area (Å²) >= 11 is 0. The predicted octanol–water partition coefficient (Wildman–Crippen LogP) is 2.60. The maximum atomic E-state index is 4.45. The van der Waals surface area contributed by atoms with Crippen molar-refractivity contribution in [3.8, 4) is 0 Å². The summed E-state index contributed by atoms with van der Waals surface area (Å²) in [5.74, 6) is 0. The molecule has 2 aromatic rings. The molecule has 1 aromatic carbocycles. The number of benzene rings is 1. The molecule has 0 fully saturated rings. The summed E-state index contributed by atoms with van der Waals surface area (Å²) in [6.45, 7) is 0. The summed E-state index contributed by atoms with van der Waals surface area (Å²) < 4.78 is 1.67. The van der Waals surface area contributed by atoms with Crippen molar-refractivity contribution in [2.24, 2.45) is 4.99 Å². The van der Waals surface area contributed by atoms with E-state index in [1.54, 1.807) is 17.3 Å². The van der Waals surface area contributed by atoms with E-state index in [1.807, 2.05) is 61.0 Å². The Hall–Kier alpha value is -2.95. The van der Waals surface area contributed by atoms with Crippen LogP contribution in [0.4, 0.5) is 5.69 Å². The smallest absolute Gasteiger partial charge is 0.139 e. The molecule has 1 heterocycles. The zero-order chi connectivity index (χ0) is 13.6. The second-order valence-corrected chi connectivity index (χ2v) is 4.17. The van der Waals surface area contributed by atoms with Gasteiger partial charge in [0.2, 0.25) is 0 Å². The van der Waals surface area contributed by atoms with Crippen molar-refractivity contribution in [3.63, 3.8) is 0 Å². The lowest BCUT2D eigenvalue weighted by Gasteiger charge is -2.02. The van der Waals surface area contributed by atoms with Crippen LogP contribution >= 0.6 is 0 Å². The molecule has 0 bridgehead atoms. The van der Waals surface area contributed by atoms with Crippen molar-refractivity contribution < 1.29 is 0 Å². The predicted molar refractivity (Wildman–Crippen MR) is 79.3 cm³/mol. The van der Waals surface area contributed by atoms with E-state index in [0.29, 0.717) is 0 Å². The van der Waals surface area contributed by atoms with Crippen LogP contribution in [0.25, 0.3) is 0 Å². The molecule has 0 saturated carbocycles. The number of para-hydroxylation sites is 1. The van der Waals surface area contributed by atoms with Crippen molar-refractivity contribution in [1.82, 2.24) is 14.9 Å². The van der Waals surface area contributed by atoms with Gasteiger partial charge in [-0.25, -0.2) is 4.68 Å². The lowest BCUT2D eigenvalue weighted by molar-refractivity contribution is 0.945. The van der Waals surface area contributed by atoms with Crippen LogP contribution in [0.15, 0.2) is 83.6 Å². The number of hydrogen-bond acceptors (Lipinski definition) is 4. The Kier molecular flexibility index (Phi) is 3.51. The molecule has 0 atom stereocenters. The number of aliphatic imine (C=N–C) groups is 1. The van der Waals surface area contributed by atoms with Gasteiger partial charge in [-0.1, -0.05) is 36.4 Å². The van der Waals surface area contributed by atoms with Gasteiger partial charge in [0, 0.05) is 23.6 Å². The van der Waals surface area contributed by atoms with Gasteiger partial charge in [0.05, 0.1) is 5.69 Å². The highest BCUT2D eigenvalue weighted by molar-refractivity contribution is 5.89. The van der Waals surface area contributed by atoms with E-state index in [1.165, 1.54) is 0 Å². The number of hydrogen-bond donors (Lipinski definition) is 1. The van der Waals surface area contributed by atoms with E-state index in [-0.39, 0.29) is 0 Å². The van der Waals surface area contributed by atoms with Gasteiger partial charge in [0.15, 0.2) is 0 Å². The Morgan fingerprint density at radius 1 is 1.10 bits per heavy atom. The molecule has 5 heteroatoms. The van der Waals surface area contributed by atoms with Crippen LogP contribution in [0.1, 0.15) is 0 Å². The first-order valence-electron chi connectivity index (χ1n) is 6.21. The van der Waals surface area contributed by atoms with Gasteiger partial charge in [-0.2, -0.15) is 0 Å². The summed E-state index contributed by atoms with van der Waals surface area (Å²) in [7, 11) is 0. The van der Waals surface area contributed by atoms with Crippen molar-refractivity contribution in [2.45, 2.75) is 0 Å². The van der Waals surface area contributed by atoms with E-state index in [4.69, 9.17) is 0 Å². The molecule has 0 spiro atoms. The molecule has 0 amide bonds.